The van der Waals surface area contributed by atoms with E-state index in [2.05, 4.69) is 32.4 Å². The molecule has 1 amide bonds. The number of thioether (sulfide) groups is 1. The van der Waals surface area contributed by atoms with Gasteiger partial charge in [-0.2, -0.15) is 11.8 Å². The Morgan fingerprint density at radius 3 is 2.79 bits per heavy atom. The number of amides is 1. The average Bonchev–Trinajstić information content (AvgIpc) is 3.09. The van der Waals surface area contributed by atoms with Crippen molar-refractivity contribution in [3.05, 3.63) is 24.4 Å². The van der Waals surface area contributed by atoms with Crippen molar-refractivity contribution in [3.8, 4) is 0 Å². The summed E-state index contributed by atoms with van der Waals surface area (Å²) in [6.45, 7) is 4.83. The second-order valence-corrected chi connectivity index (χ2v) is 7.84. The van der Waals surface area contributed by atoms with Crippen LogP contribution in [-0.4, -0.2) is 66.1 Å². The van der Waals surface area contributed by atoms with Crippen LogP contribution in [0.1, 0.15) is 25.7 Å². The largest absolute Gasteiger partial charge is 0.354 e. The molecule has 132 valence electrons. The molecule has 0 bridgehead atoms. The lowest BCUT2D eigenvalue weighted by molar-refractivity contribution is -0.122. The number of hydrogen-bond donors (Lipinski definition) is 1. The Balaban J connectivity index is 1.34. The summed E-state index contributed by atoms with van der Waals surface area (Å²) in [5, 5.41) is 3.95. The third-order valence-electron chi connectivity index (χ3n) is 5.08. The normalized spacial score (nSPS) is 25.0. The van der Waals surface area contributed by atoms with Gasteiger partial charge in [0, 0.05) is 56.6 Å². The van der Waals surface area contributed by atoms with E-state index in [9.17, 15) is 4.79 Å². The lowest BCUT2D eigenvalue weighted by Crippen LogP contribution is -2.47. The maximum absolute atomic E-state index is 12.2. The Hall–Kier alpha value is -1.27. The molecular weight excluding hydrogens is 320 g/mol. The Morgan fingerprint density at radius 2 is 2.12 bits per heavy atom. The molecular formula is C18H28N4OS. The van der Waals surface area contributed by atoms with Crippen LogP contribution in [0.3, 0.4) is 0 Å². The summed E-state index contributed by atoms with van der Waals surface area (Å²) in [7, 11) is 0. The highest BCUT2D eigenvalue weighted by molar-refractivity contribution is 7.99. The monoisotopic (exact) mass is 348 g/mol. The molecule has 0 unspecified atom stereocenters. The second kappa shape index (κ2) is 8.72. The molecule has 1 aromatic rings. The Bertz CT molecular complexity index is 519. The number of hydrogen-bond acceptors (Lipinski definition) is 5. The lowest BCUT2D eigenvalue weighted by atomic mass is 10.2. The zero-order valence-electron chi connectivity index (χ0n) is 14.5. The minimum atomic E-state index is 0.217. The Morgan fingerprint density at radius 1 is 1.29 bits per heavy atom. The summed E-state index contributed by atoms with van der Waals surface area (Å²) in [5.74, 6) is 1.27. The second-order valence-electron chi connectivity index (χ2n) is 6.70. The van der Waals surface area contributed by atoms with E-state index in [0.29, 0.717) is 12.5 Å². The number of anilines is 1. The van der Waals surface area contributed by atoms with Gasteiger partial charge in [0.2, 0.25) is 5.91 Å². The fourth-order valence-corrected chi connectivity index (χ4v) is 4.38. The first-order valence-electron chi connectivity index (χ1n) is 8.95. The standard InChI is InChI=1S/C18H28N4OS/c1-24-16-6-5-15(14-16)20-18(23)7-9-21-10-12-22(13-11-21)17-4-2-3-8-19-17/h2-4,8,15-16H,5-7,9-14H2,1H3,(H,20,23)/t15-,16+/m1/s1. The number of carbonyl (C=O) groups is 1. The highest BCUT2D eigenvalue weighted by atomic mass is 32.2. The molecule has 2 heterocycles. The first-order chi connectivity index (χ1) is 11.7. The van der Waals surface area contributed by atoms with Gasteiger partial charge in [-0.15, -0.1) is 0 Å². The molecule has 1 saturated carbocycles. The fraction of sp³-hybridized carbons (Fsp3) is 0.667. The fourth-order valence-electron chi connectivity index (χ4n) is 3.59. The lowest BCUT2D eigenvalue weighted by Gasteiger charge is -2.35. The molecule has 0 radical (unpaired) electrons. The van der Waals surface area contributed by atoms with Gasteiger partial charge in [-0.3, -0.25) is 9.69 Å². The summed E-state index contributed by atoms with van der Waals surface area (Å²) in [5.41, 5.74) is 0. The number of pyridine rings is 1. The topological polar surface area (TPSA) is 48.5 Å². The predicted octanol–water partition coefficient (Wildman–Crippen LogP) is 1.99. The van der Waals surface area contributed by atoms with Crippen molar-refractivity contribution in [3.63, 3.8) is 0 Å². The first-order valence-corrected chi connectivity index (χ1v) is 10.2. The van der Waals surface area contributed by atoms with Crippen molar-refractivity contribution >= 4 is 23.5 Å². The number of rotatable bonds is 6. The molecule has 2 aliphatic rings. The molecule has 1 aromatic heterocycles. The van der Waals surface area contributed by atoms with Gasteiger partial charge in [0.1, 0.15) is 5.82 Å². The van der Waals surface area contributed by atoms with Crippen LogP contribution in [0.25, 0.3) is 0 Å². The van der Waals surface area contributed by atoms with Crippen LogP contribution in [-0.2, 0) is 4.79 Å². The van der Waals surface area contributed by atoms with E-state index < -0.39 is 0 Å². The molecule has 2 fully saturated rings. The zero-order valence-corrected chi connectivity index (χ0v) is 15.3. The van der Waals surface area contributed by atoms with Gasteiger partial charge in [0.05, 0.1) is 0 Å². The van der Waals surface area contributed by atoms with Crippen LogP contribution in [0.2, 0.25) is 0 Å². The van der Waals surface area contributed by atoms with E-state index in [4.69, 9.17) is 0 Å². The predicted molar refractivity (Wildman–Crippen MR) is 101 cm³/mol. The van der Waals surface area contributed by atoms with E-state index in [1.54, 1.807) is 0 Å². The smallest absolute Gasteiger partial charge is 0.221 e. The Labute approximate surface area is 149 Å². The molecule has 1 N–H and O–H groups in total. The summed E-state index contributed by atoms with van der Waals surface area (Å²) in [6.07, 6.45) is 8.14. The van der Waals surface area contributed by atoms with Gasteiger partial charge < -0.3 is 10.2 Å². The van der Waals surface area contributed by atoms with Crippen molar-refractivity contribution in [1.82, 2.24) is 15.2 Å². The number of aromatic nitrogens is 1. The molecule has 0 spiro atoms. The number of piperazine rings is 1. The van der Waals surface area contributed by atoms with Crippen molar-refractivity contribution < 1.29 is 4.79 Å². The number of nitrogens with zero attached hydrogens (tertiary/aromatic N) is 3. The highest BCUT2D eigenvalue weighted by Crippen LogP contribution is 2.28. The van der Waals surface area contributed by atoms with Crippen LogP contribution < -0.4 is 10.2 Å². The van der Waals surface area contributed by atoms with E-state index >= 15 is 0 Å². The molecule has 3 rings (SSSR count). The molecule has 1 aliphatic heterocycles. The van der Waals surface area contributed by atoms with Gasteiger partial charge in [-0.1, -0.05) is 6.07 Å². The quantitative estimate of drug-likeness (QED) is 0.852. The van der Waals surface area contributed by atoms with Crippen molar-refractivity contribution in [2.24, 2.45) is 0 Å². The summed E-state index contributed by atoms with van der Waals surface area (Å²) in [4.78, 5) is 21.3. The zero-order chi connectivity index (χ0) is 16.8. The number of carbonyl (C=O) groups excluding carboxylic acids is 1. The minimum absolute atomic E-state index is 0.217. The SMILES string of the molecule is CS[C@H]1CC[C@@H](NC(=O)CCN2CCN(c3ccccn3)CC2)C1. The van der Waals surface area contributed by atoms with E-state index in [1.807, 2.05) is 30.1 Å². The van der Waals surface area contributed by atoms with Gasteiger partial charge in [-0.25, -0.2) is 4.98 Å². The number of nitrogens with one attached hydrogen (secondary N) is 1. The van der Waals surface area contributed by atoms with Gasteiger partial charge in [-0.05, 0) is 37.7 Å². The summed E-state index contributed by atoms with van der Waals surface area (Å²) >= 11 is 1.93. The first kappa shape index (κ1) is 17.5. The minimum Gasteiger partial charge on any atom is -0.354 e. The maximum atomic E-state index is 12.2. The third-order valence-corrected chi connectivity index (χ3v) is 6.18. The van der Waals surface area contributed by atoms with Crippen LogP contribution in [0.4, 0.5) is 5.82 Å². The van der Waals surface area contributed by atoms with Crippen molar-refractivity contribution in [2.45, 2.75) is 37.0 Å². The molecule has 1 aliphatic carbocycles. The van der Waals surface area contributed by atoms with Crippen LogP contribution in [0.15, 0.2) is 24.4 Å². The summed E-state index contributed by atoms with van der Waals surface area (Å²) < 4.78 is 0. The van der Waals surface area contributed by atoms with Crippen molar-refractivity contribution in [2.75, 3.05) is 43.9 Å². The van der Waals surface area contributed by atoms with E-state index in [0.717, 1.165) is 56.6 Å². The van der Waals surface area contributed by atoms with Gasteiger partial charge >= 0.3 is 0 Å². The molecule has 5 nitrogen and oxygen atoms in total. The summed E-state index contributed by atoms with van der Waals surface area (Å²) in [6, 6.07) is 6.44. The van der Waals surface area contributed by atoms with Crippen LogP contribution >= 0.6 is 11.8 Å². The third kappa shape index (κ3) is 4.86. The molecule has 6 heteroatoms. The Kier molecular flexibility index (Phi) is 6.37. The van der Waals surface area contributed by atoms with Gasteiger partial charge in [0.25, 0.3) is 0 Å². The molecule has 1 saturated heterocycles. The van der Waals surface area contributed by atoms with Crippen LogP contribution in [0.5, 0.6) is 0 Å². The molecule has 2 atom stereocenters. The highest BCUT2D eigenvalue weighted by Gasteiger charge is 2.25. The van der Waals surface area contributed by atoms with Crippen molar-refractivity contribution in [1.29, 1.82) is 0 Å². The van der Waals surface area contributed by atoms with E-state index in [-0.39, 0.29) is 5.91 Å². The van der Waals surface area contributed by atoms with E-state index in [1.165, 1.54) is 6.42 Å². The van der Waals surface area contributed by atoms with Gasteiger partial charge in [0.15, 0.2) is 0 Å². The van der Waals surface area contributed by atoms with Crippen LogP contribution in [0, 0.1) is 0 Å². The maximum Gasteiger partial charge on any atom is 0.221 e. The molecule has 24 heavy (non-hydrogen) atoms. The average molecular weight is 349 g/mol. The molecule has 0 aromatic carbocycles.